The van der Waals surface area contributed by atoms with E-state index in [4.69, 9.17) is 0 Å². The molecule has 0 atom stereocenters. The van der Waals surface area contributed by atoms with Crippen molar-refractivity contribution in [2.75, 3.05) is 4.90 Å². The molecule has 0 radical (unpaired) electrons. The van der Waals surface area contributed by atoms with Crippen molar-refractivity contribution in [2.45, 2.75) is 0 Å². The highest BCUT2D eigenvalue weighted by Crippen LogP contribution is 2.40. The Morgan fingerprint density at radius 3 is 1.06 bits per heavy atom. The van der Waals surface area contributed by atoms with Gasteiger partial charge in [0.2, 0.25) is 0 Å². The number of nitrogens with zero attached hydrogens (tertiary/aromatic N) is 2. The Labute approximate surface area is 373 Å². The van der Waals surface area contributed by atoms with E-state index < -0.39 is 0 Å². The van der Waals surface area contributed by atoms with Crippen molar-refractivity contribution in [3.63, 3.8) is 0 Å². The largest absolute Gasteiger partial charge is 0.310 e. The van der Waals surface area contributed by atoms with Gasteiger partial charge in [0.1, 0.15) is 0 Å². The van der Waals surface area contributed by atoms with Crippen LogP contribution in [0.3, 0.4) is 0 Å². The summed E-state index contributed by atoms with van der Waals surface area (Å²) in [6.45, 7) is 0. The Morgan fingerprint density at radius 2 is 0.562 bits per heavy atom. The first-order valence-electron chi connectivity index (χ1n) is 22.0. The van der Waals surface area contributed by atoms with E-state index in [9.17, 15) is 0 Å². The van der Waals surface area contributed by atoms with Crippen molar-refractivity contribution in [2.24, 2.45) is 0 Å². The molecule has 0 saturated carbocycles. The zero-order valence-corrected chi connectivity index (χ0v) is 35.1. The average molecular weight is 815 g/mol. The minimum absolute atomic E-state index is 1.09. The quantitative estimate of drug-likeness (QED) is 0.148. The van der Waals surface area contributed by atoms with Gasteiger partial charge in [-0.2, -0.15) is 0 Å². The molecular formula is C62H42N2. The predicted molar refractivity (Wildman–Crippen MR) is 272 cm³/mol. The van der Waals surface area contributed by atoms with Crippen LogP contribution in [-0.4, -0.2) is 4.57 Å². The molecule has 64 heavy (non-hydrogen) atoms. The second-order valence-corrected chi connectivity index (χ2v) is 16.6. The molecule has 0 N–H and O–H groups in total. The molecule has 11 aromatic carbocycles. The lowest BCUT2D eigenvalue weighted by molar-refractivity contribution is 1.17. The summed E-state index contributed by atoms with van der Waals surface area (Å²) in [4.78, 5) is 2.38. The van der Waals surface area contributed by atoms with Gasteiger partial charge in [0.15, 0.2) is 0 Å². The van der Waals surface area contributed by atoms with E-state index in [0.29, 0.717) is 0 Å². The summed E-state index contributed by atoms with van der Waals surface area (Å²) in [6.07, 6.45) is 0. The van der Waals surface area contributed by atoms with E-state index in [1.807, 2.05) is 0 Å². The van der Waals surface area contributed by atoms with Crippen LogP contribution in [0.2, 0.25) is 0 Å². The maximum absolute atomic E-state index is 2.38. The Hall–Kier alpha value is -8.46. The number of aromatic nitrogens is 1. The predicted octanol–water partition coefficient (Wildman–Crippen LogP) is 17.2. The molecule has 1 aromatic heterocycles. The fourth-order valence-corrected chi connectivity index (χ4v) is 9.47. The first-order chi connectivity index (χ1) is 31.7. The highest BCUT2D eigenvalue weighted by Gasteiger charge is 2.17. The summed E-state index contributed by atoms with van der Waals surface area (Å²) in [5.74, 6) is 0. The SMILES string of the molecule is c1ccc(-c2ccc(-c3ccc4cc(N(c5ccc(-c6ccc7cc(-c8ccccc8)ccc7c6)cc5)c5ccc(-n6c7ccccc7c7ccccc76)cc5)ccc4c3)cc2)cc1. The van der Waals surface area contributed by atoms with Crippen LogP contribution in [-0.2, 0) is 0 Å². The minimum atomic E-state index is 1.09. The highest BCUT2D eigenvalue weighted by atomic mass is 15.1. The maximum atomic E-state index is 2.38. The van der Waals surface area contributed by atoms with Gasteiger partial charge in [-0.05, 0) is 145 Å². The molecule has 12 aromatic rings. The number of fused-ring (bicyclic) bond motifs is 5. The van der Waals surface area contributed by atoms with Crippen LogP contribution in [0.1, 0.15) is 0 Å². The van der Waals surface area contributed by atoms with Crippen molar-refractivity contribution in [1.82, 2.24) is 4.57 Å². The Balaban J connectivity index is 0.908. The van der Waals surface area contributed by atoms with E-state index in [1.165, 1.54) is 87.9 Å². The normalized spacial score (nSPS) is 11.4. The van der Waals surface area contributed by atoms with Crippen LogP contribution >= 0.6 is 0 Å². The lowest BCUT2D eigenvalue weighted by Crippen LogP contribution is -2.10. The summed E-state index contributed by atoms with van der Waals surface area (Å²) in [5.41, 5.74) is 16.5. The number of hydrogen-bond donors (Lipinski definition) is 0. The number of para-hydroxylation sites is 2. The maximum Gasteiger partial charge on any atom is 0.0541 e. The zero-order chi connectivity index (χ0) is 42.4. The van der Waals surface area contributed by atoms with Crippen molar-refractivity contribution in [1.29, 1.82) is 0 Å². The molecule has 12 rings (SSSR count). The first kappa shape index (κ1) is 37.3. The number of rotatable bonds is 8. The molecule has 0 spiro atoms. The minimum Gasteiger partial charge on any atom is -0.310 e. The molecule has 2 heteroatoms. The van der Waals surface area contributed by atoms with E-state index in [2.05, 4.69) is 264 Å². The summed E-state index contributed by atoms with van der Waals surface area (Å²) in [7, 11) is 0. The van der Waals surface area contributed by atoms with Crippen LogP contribution in [0.4, 0.5) is 17.1 Å². The van der Waals surface area contributed by atoms with Gasteiger partial charge in [-0.15, -0.1) is 0 Å². The summed E-state index contributed by atoms with van der Waals surface area (Å²) >= 11 is 0. The van der Waals surface area contributed by atoms with Crippen molar-refractivity contribution in [3.8, 4) is 50.2 Å². The summed E-state index contributed by atoms with van der Waals surface area (Å²) in [6, 6.07) is 92.7. The van der Waals surface area contributed by atoms with Crippen molar-refractivity contribution < 1.29 is 0 Å². The molecular weight excluding hydrogens is 773 g/mol. The van der Waals surface area contributed by atoms with Crippen LogP contribution in [0.15, 0.2) is 255 Å². The Bertz CT molecular complexity index is 3570. The van der Waals surface area contributed by atoms with E-state index >= 15 is 0 Å². The lowest BCUT2D eigenvalue weighted by Gasteiger charge is -2.26. The fourth-order valence-electron chi connectivity index (χ4n) is 9.47. The van der Waals surface area contributed by atoms with E-state index in [-0.39, 0.29) is 0 Å². The third kappa shape index (κ3) is 6.79. The highest BCUT2D eigenvalue weighted by molar-refractivity contribution is 6.09. The zero-order valence-electron chi connectivity index (χ0n) is 35.1. The van der Waals surface area contributed by atoms with Gasteiger partial charge in [-0.3, -0.25) is 0 Å². The van der Waals surface area contributed by atoms with Gasteiger partial charge in [0.05, 0.1) is 11.0 Å². The Morgan fingerprint density at radius 1 is 0.234 bits per heavy atom. The third-order valence-corrected chi connectivity index (χ3v) is 12.8. The molecule has 0 saturated heterocycles. The van der Waals surface area contributed by atoms with Crippen LogP contribution in [0.5, 0.6) is 0 Å². The van der Waals surface area contributed by atoms with Crippen LogP contribution in [0, 0.1) is 0 Å². The second kappa shape index (κ2) is 15.8. The van der Waals surface area contributed by atoms with Crippen molar-refractivity contribution >= 4 is 60.4 Å². The molecule has 0 aliphatic carbocycles. The smallest absolute Gasteiger partial charge is 0.0541 e. The van der Waals surface area contributed by atoms with Gasteiger partial charge in [-0.25, -0.2) is 0 Å². The number of anilines is 3. The molecule has 300 valence electrons. The van der Waals surface area contributed by atoms with Gasteiger partial charge in [0, 0.05) is 33.5 Å². The van der Waals surface area contributed by atoms with Gasteiger partial charge in [0.25, 0.3) is 0 Å². The first-order valence-corrected chi connectivity index (χ1v) is 22.0. The van der Waals surface area contributed by atoms with E-state index in [0.717, 1.165) is 22.7 Å². The molecule has 2 nitrogen and oxygen atoms in total. The number of benzene rings is 11. The molecule has 0 amide bonds. The molecule has 0 aliphatic heterocycles. The molecule has 0 aliphatic rings. The molecule has 0 fully saturated rings. The lowest BCUT2D eigenvalue weighted by atomic mass is 9.97. The third-order valence-electron chi connectivity index (χ3n) is 12.8. The van der Waals surface area contributed by atoms with Crippen molar-refractivity contribution in [3.05, 3.63) is 255 Å². The van der Waals surface area contributed by atoms with Crippen LogP contribution < -0.4 is 4.90 Å². The van der Waals surface area contributed by atoms with Crippen LogP contribution in [0.25, 0.3) is 93.5 Å². The van der Waals surface area contributed by atoms with Gasteiger partial charge in [-0.1, -0.05) is 176 Å². The standard InChI is InChI=1S/C62H42N2/c1-3-11-43(12-4-1)45-19-21-46(22-20-45)49-25-28-54-42-58(34-31-53(54)41-49)63(56-35-37-57(38-36-56)64-61-17-9-7-15-59(61)60-16-8-10-18-62(60)64)55-32-29-47(30-33-55)50-24-27-51-39-48(23-26-52(51)40-50)44-13-5-2-6-14-44/h1-42H. The van der Waals surface area contributed by atoms with E-state index in [1.54, 1.807) is 0 Å². The van der Waals surface area contributed by atoms with Gasteiger partial charge < -0.3 is 9.47 Å². The number of hydrogen-bond acceptors (Lipinski definition) is 1. The average Bonchev–Trinajstić information content (AvgIpc) is 3.71. The fraction of sp³-hybridized carbons (Fsp3) is 0. The second-order valence-electron chi connectivity index (χ2n) is 16.6. The topological polar surface area (TPSA) is 8.17 Å². The summed E-state index contributed by atoms with van der Waals surface area (Å²) < 4.78 is 2.38. The summed E-state index contributed by atoms with van der Waals surface area (Å²) in [5, 5.41) is 7.39. The molecule has 0 unspecified atom stereocenters. The molecule has 1 heterocycles. The van der Waals surface area contributed by atoms with Gasteiger partial charge >= 0.3 is 0 Å². The monoisotopic (exact) mass is 814 g/mol. The molecule has 0 bridgehead atoms. The Kier molecular flexibility index (Phi) is 9.20.